The number of ether oxygens (including phenoxy) is 1. The number of hydrogen-bond acceptors (Lipinski definition) is 2. The first kappa shape index (κ1) is 14.5. The second-order valence-electron chi connectivity index (χ2n) is 4.93. The quantitative estimate of drug-likeness (QED) is 0.894. The maximum Gasteiger partial charge on any atom is 0.124 e. The van der Waals surface area contributed by atoms with E-state index in [1.807, 2.05) is 19.1 Å². The summed E-state index contributed by atoms with van der Waals surface area (Å²) >= 11 is 0. The van der Waals surface area contributed by atoms with E-state index in [-0.39, 0.29) is 11.9 Å². The molecule has 0 aromatic heterocycles. The number of rotatable bonds is 5. The Morgan fingerprint density at radius 1 is 1.10 bits per heavy atom. The van der Waals surface area contributed by atoms with E-state index < -0.39 is 0 Å². The molecule has 0 aliphatic carbocycles. The van der Waals surface area contributed by atoms with Gasteiger partial charge in [-0.1, -0.05) is 31.2 Å². The third-order valence-corrected chi connectivity index (χ3v) is 3.29. The van der Waals surface area contributed by atoms with Gasteiger partial charge < -0.3 is 10.5 Å². The summed E-state index contributed by atoms with van der Waals surface area (Å²) in [6, 6.07) is 12.5. The van der Waals surface area contributed by atoms with Gasteiger partial charge >= 0.3 is 0 Å². The molecule has 2 aromatic carbocycles. The minimum Gasteiger partial charge on any atom is -0.489 e. The standard InChI is InChI=1S/C17H20FNO/c1-3-13-4-6-14(7-5-13)11-20-17-9-8-15(18)10-16(17)12(2)19/h4-10,12H,3,11,19H2,1-2H3. The SMILES string of the molecule is CCc1ccc(COc2ccc(F)cc2C(C)N)cc1. The van der Waals surface area contributed by atoms with Crippen LogP contribution in [0.3, 0.4) is 0 Å². The van der Waals surface area contributed by atoms with Gasteiger partial charge in [-0.2, -0.15) is 0 Å². The van der Waals surface area contributed by atoms with Crippen LogP contribution < -0.4 is 10.5 Å². The zero-order chi connectivity index (χ0) is 14.5. The molecule has 2 nitrogen and oxygen atoms in total. The predicted octanol–water partition coefficient (Wildman–Crippen LogP) is 3.99. The second-order valence-corrected chi connectivity index (χ2v) is 4.93. The van der Waals surface area contributed by atoms with E-state index in [1.165, 1.54) is 17.7 Å². The highest BCUT2D eigenvalue weighted by Crippen LogP contribution is 2.25. The minimum atomic E-state index is -0.294. The lowest BCUT2D eigenvalue weighted by atomic mass is 10.1. The van der Waals surface area contributed by atoms with E-state index in [1.54, 1.807) is 6.07 Å². The highest BCUT2D eigenvalue weighted by Gasteiger charge is 2.09. The molecule has 2 aromatic rings. The van der Waals surface area contributed by atoms with Gasteiger partial charge in [0.25, 0.3) is 0 Å². The Labute approximate surface area is 119 Å². The zero-order valence-corrected chi connectivity index (χ0v) is 11.9. The monoisotopic (exact) mass is 273 g/mol. The van der Waals surface area contributed by atoms with Gasteiger partial charge in [0.1, 0.15) is 18.2 Å². The molecule has 20 heavy (non-hydrogen) atoms. The third-order valence-electron chi connectivity index (χ3n) is 3.29. The van der Waals surface area contributed by atoms with Crippen molar-refractivity contribution >= 4 is 0 Å². The molecule has 0 heterocycles. The smallest absolute Gasteiger partial charge is 0.124 e. The molecule has 1 unspecified atom stereocenters. The van der Waals surface area contributed by atoms with Crippen molar-refractivity contribution in [2.24, 2.45) is 5.73 Å². The molecular formula is C17H20FNO. The van der Waals surface area contributed by atoms with Gasteiger partial charge in [0, 0.05) is 11.6 Å². The second kappa shape index (κ2) is 6.53. The van der Waals surface area contributed by atoms with Crippen molar-refractivity contribution in [1.82, 2.24) is 0 Å². The summed E-state index contributed by atoms with van der Waals surface area (Å²) in [5.74, 6) is 0.345. The first-order chi connectivity index (χ1) is 9.60. The van der Waals surface area contributed by atoms with Gasteiger partial charge in [0.05, 0.1) is 0 Å². The Hall–Kier alpha value is -1.87. The van der Waals surface area contributed by atoms with Crippen molar-refractivity contribution in [3.8, 4) is 5.75 Å². The maximum absolute atomic E-state index is 13.2. The minimum absolute atomic E-state index is 0.261. The first-order valence-corrected chi connectivity index (χ1v) is 6.85. The Kier molecular flexibility index (Phi) is 4.74. The molecule has 0 fully saturated rings. The van der Waals surface area contributed by atoms with Gasteiger partial charge in [-0.15, -0.1) is 0 Å². The average Bonchev–Trinajstić information content (AvgIpc) is 2.46. The largest absolute Gasteiger partial charge is 0.489 e. The molecule has 0 aliphatic rings. The Morgan fingerprint density at radius 3 is 2.35 bits per heavy atom. The summed E-state index contributed by atoms with van der Waals surface area (Å²) in [5, 5.41) is 0. The van der Waals surface area contributed by atoms with Crippen molar-refractivity contribution in [3.05, 3.63) is 65.0 Å². The summed E-state index contributed by atoms with van der Waals surface area (Å²) in [6.45, 7) is 4.39. The summed E-state index contributed by atoms with van der Waals surface area (Å²) < 4.78 is 19.0. The van der Waals surface area contributed by atoms with Crippen LogP contribution in [0.25, 0.3) is 0 Å². The van der Waals surface area contributed by atoms with E-state index in [0.29, 0.717) is 17.9 Å². The molecule has 106 valence electrons. The number of nitrogens with two attached hydrogens (primary N) is 1. The summed E-state index contributed by atoms with van der Waals surface area (Å²) in [7, 11) is 0. The molecule has 0 bridgehead atoms. The zero-order valence-electron chi connectivity index (χ0n) is 11.9. The summed E-state index contributed by atoms with van der Waals surface area (Å²) in [5.41, 5.74) is 8.92. The lowest BCUT2D eigenvalue weighted by Gasteiger charge is -2.14. The van der Waals surface area contributed by atoms with Crippen LogP contribution in [0.4, 0.5) is 4.39 Å². The molecule has 3 heteroatoms. The van der Waals surface area contributed by atoms with E-state index in [9.17, 15) is 4.39 Å². The summed E-state index contributed by atoms with van der Waals surface area (Å²) in [6.07, 6.45) is 1.02. The number of hydrogen-bond donors (Lipinski definition) is 1. The fourth-order valence-corrected chi connectivity index (χ4v) is 2.04. The van der Waals surface area contributed by atoms with E-state index in [2.05, 4.69) is 19.1 Å². The van der Waals surface area contributed by atoms with Gasteiger partial charge in [0.2, 0.25) is 0 Å². The van der Waals surface area contributed by atoms with Gasteiger partial charge in [-0.25, -0.2) is 4.39 Å². The van der Waals surface area contributed by atoms with Gasteiger partial charge in [-0.05, 0) is 42.7 Å². The normalized spacial score (nSPS) is 12.2. The van der Waals surface area contributed by atoms with Crippen LogP contribution in [-0.2, 0) is 13.0 Å². The van der Waals surface area contributed by atoms with Crippen LogP contribution in [0.2, 0.25) is 0 Å². The van der Waals surface area contributed by atoms with Crippen molar-refractivity contribution in [3.63, 3.8) is 0 Å². The molecule has 0 saturated carbocycles. The summed E-state index contributed by atoms with van der Waals surface area (Å²) in [4.78, 5) is 0. The van der Waals surface area contributed by atoms with Gasteiger partial charge in [0.15, 0.2) is 0 Å². The Bertz CT molecular complexity index is 564. The highest BCUT2D eigenvalue weighted by molar-refractivity contribution is 5.36. The molecule has 0 radical (unpaired) electrons. The number of benzene rings is 2. The van der Waals surface area contributed by atoms with Crippen LogP contribution >= 0.6 is 0 Å². The topological polar surface area (TPSA) is 35.2 Å². The van der Waals surface area contributed by atoms with E-state index in [4.69, 9.17) is 10.5 Å². The van der Waals surface area contributed by atoms with Crippen LogP contribution in [0, 0.1) is 5.82 Å². The molecule has 0 spiro atoms. The fourth-order valence-electron chi connectivity index (χ4n) is 2.04. The van der Waals surface area contributed by atoms with Crippen LogP contribution in [-0.4, -0.2) is 0 Å². The predicted molar refractivity (Wildman–Crippen MR) is 79.2 cm³/mol. The van der Waals surface area contributed by atoms with E-state index >= 15 is 0 Å². The van der Waals surface area contributed by atoms with Crippen LogP contribution in [0.15, 0.2) is 42.5 Å². The molecule has 0 aliphatic heterocycles. The van der Waals surface area contributed by atoms with Gasteiger partial charge in [-0.3, -0.25) is 0 Å². The van der Waals surface area contributed by atoms with Crippen molar-refractivity contribution < 1.29 is 9.13 Å². The lowest BCUT2D eigenvalue weighted by molar-refractivity contribution is 0.301. The van der Waals surface area contributed by atoms with Crippen molar-refractivity contribution in [1.29, 1.82) is 0 Å². The fraction of sp³-hybridized carbons (Fsp3) is 0.294. The van der Waals surface area contributed by atoms with Crippen LogP contribution in [0.1, 0.15) is 36.6 Å². The average molecular weight is 273 g/mol. The number of aryl methyl sites for hydroxylation is 1. The lowest BCUT2D eigenvalue weighted by Crippen LogP contribution is -2.08. The number of halogens is 1. The molecule has 2 N–H and O–H groups in total. The van der Waals surface area contributed by atoms with Crippen molar-refractivity contribution in [2.75, 3.05) is 0 Å². The Balaban J connectivity index is 2.10. The Morgan fingerprint density at radius 2 is 1.75 bits per heavy atom. The molecular weight excluding hydrogens is 253 g/mol. The first-order valence-electron chi connectivity index (χ1n) is 6.85. The molecule has 0 saturated heterocycles. The van der Waals surface area contributed by atoms with E-state index in [0.717, 1.165) is 12.0 Å². The molecule has 0 amide bonds. The van der Waals surface area contributed by atoms with Crippen LogP contribution in [0.5, 0.6) is 5.75 Å². The molecule has 1 atom stereocenters. The highest BCUT2D eigenvalue weighted by atomic mass is 19.1. The maximum atomic E-state index is 13.2. The third kappa shape index (κ3) is 3.58. The molecule has 2 rings (SSSR count). The van der Waals surface area contributed by atoms with Crippen molar-refractivity contribution in [2.45, 2.75) is 32.9 Å².